The van der Waals surface area contributed by atoms with Crippen LogP contribution in [0.5, 0.6) is 0 Å². The number of benzene rings is 1. The molecule has 21 heavy (non-hydrogen) atoms. The number of para-hydroxylation sites is 1. The number of nitrogens with two attached hydrogens (primary N) is 1. The van der Waals surface area contributed by atoms with Gasteiger partial charge in [0.2, 0.25) is 0 Å². The maximum atomic E-state index is 5.69. The average molecular weight is 298 g/mol. The summed E-state index contributed by atoms with van der Waals surface area (Å²) in [6.45, 7) is 0. The Morgan fingerprint density at radius 3 is 2.71 bits per heavy atom. The van der Waals surface area contributed by atoms with E-state index in [1.165, 1.54) is 10.3 Å². The fourth-order valence-corrected chi connectivity index (χ4v) is 3.40. The Morgan fingerprint density at radius 2 is 1.95 bits per heavy atom. The Kier molecular flexibility index (Phi) is 4.55. The summed E-state index contributed by atoms with van der Waals surface area (Å²) in [5.74, 6) is 5.69. The minimum Gasteiger partial charge on any atom is -0.271 e. The van der Waals surface area contributed by atoms with Gasteiger partial charge >= 0.3 is 0 Å². The molecule has 1 atom stereocenters. The summed E-state index contributed by atoms with van der Waals surface area (Å²) < 4.78 is 1.23. The molecule has 0 aliphatic rings. The predicted octanol–water partition coefficient (Wildman–Crippen LogP) is 2.70. The number of aryl methyl sites for hydroxylation is 1. The third kappa shape index (κ3) is 3.64. The number of thiazole rings is 1. The van der Waals surface area contributed by atoms with Crippen LogP contribution in [0.1, 0.15) is 17.0 Å². The van der Waals surface area contributed by atoms with Crippen molar-refractivity contribution in [1.29, 1.82) is 0 Å². The highest BCUT2D eigenvalue weighted by atomic mass is 32.1. The normalized spacial score (nSPS) is 12.6. The van der Waals surface area contributed by atoms with Crippen molar-refractivity contribution >= 4 is 21.6 Å². The lowest BCUT2D eigenvalue weighted by molar-refractivity contribution is 0.491. The van der Waals surface area contributed by atoms with Gasteiger partial charge < -0.3 is 0 Å². The van der Waals surface area contributed by atoms with Gasteiger partial charge in [-0.25, -0.2) is 4.98 Å². The molecule has 1 unspecified atom stereocenters. The van der Waals surface area contributed by atoms with Crippen LogP contribution >= 0.6 is 11.3 Å². The highest BCUT2D eigenvalue weighted by Gasteiger charge is 2.11. The quantitative estimate of drug-likeness (QED) is 0.542. The number of hydrazine groups is 1. The number of fused-ring (bicyclic) bond motifs is 1. The standard InChI is InChI=1S/C16H18N4S/c17-20-13(6-5-12-7-9-18-10-8-12)11-16-19-14-3-1-2-4-15(14)21-16/h1-4,7-10,13,20H,5-6,11,17H2. The van der Waals surface area contributed by atoms with Gasteiger partial charge in [0.15, 0.2) is 0 Å². The Balaban J connectivity index is 1.63. The first-order valence-electron chi connectivity index (χ1n) is 7.04. The minimum atomic E-state index is 0.235. The van der Waals surface area contributed by atoms with Gasteiger partial charge in [0, 0.05) is 24.9 Å². The molecule has 108 valence electrons. The zero-order valence-corrected chi connectivity index (χ0v) is 12.5. The molecule has 0 saturated carbocycles. The van der Waals surface area contributed by atoms with Crippen molar-refractivity contribution in [1.82, 2.24) is 15.4 Å². The van der Waals surface area contributed by atoms with Gasteiger partial charge in [-0.2, -0.15) is 0 Å². The van der Waals surface area contributed by atoms with Crippen LogP contribution in [0.15, 0.2) is 48.8 Å². The van der Waals surface area contributed by atoms with E-state index in [9.17, 15) is 0 Å². The number of hydrogen-bond donors (Lipinski definition) is 2. The van der Waals surface area contributed by atoms with Gasteiger partial charge in [-0.1, -0.05) is 12.1 Å². The van der Waals surface area contributed by atoms with Crippen LogP contribution in [0.3, 0.4) is 0 Å². The molecule has 5 heteroatoms. The molecule has 2 heterocycles. The summed E-state index contributed by atoms with van der Waals surface area (Å²) in [7, 11) is 0. The van der Waals surface area contributed by atoms with Crippen LogP contribution in [0.2, 0.25) is 0 Å². The Labute approximate surface area is 128 Å². The molecule has 0 amide bonds. The van der Waals surface area contributed by atoms with Gasteiger partial charge in [0.05, 0.1) is 15.2 Å². The second kappa shape index (κ2) is 6.76. The van der Waals surface area contributed by atoms with Crippen LogP contribution < -0.4 is 11.3 Å². The Morgan fingerprint density at radius 1 is 1.14 bits per heavy atom. The van der Waals surface area contributed by atoms with E-state index in [1.54, 1.807) is 11.3 Å². The number of rotatable bonds is 6. The summed E-state index contributed by atoms with van der Waals surface area (Å²) in [5.41, 5.74) is 5.27. The van der Waals surface area contributed by atoms with E-state index in [0.717, 1.165) is 29.8 Å². The highest BCUT2D eigenvalue weighted by Crippen LogP contribution is 2.23. The van der Waals surface area contributed by atoms with Crippen LogP contribution in [0.4, 0.5) is 0 Å². The van der Waals surface area contributed by atoms with Crippen LogP contribution in [0, 0.1) is 0 Å². The largest absolute Gasteiger partial charge is 0.271 e. The van der Waals surface area contributed by atoms with Crippen molar-refractivity contribution in [2.24, 2.45) is 5.84 Å². The lowest BCUT2D eigenvalue weighted by atomic mass is 10.0. The number of hydrogen-bond acceptors (Lipinski definition) is 5. The molecule has 3 rings (SSSR count). The van der Waals surface area contributed by atoms with Crippen molar-refractivity contribution in [2.75, 3.05) is 0 Å². The molecular formula is C16H18N4S. The summed E-state index contributed by atoms with van der Waals surface area (Å²) in [6.07, 6.45) is 6.49. The fourth-order valence-electron chi connectivity index (χ4n) is 2.35. The first-order chi connectivity index (χ1) is 10.3. The average Bonchev–Trinajstić information content (AvgIpc) is 2.94. The minimum absolute atomic E-state index is 0.235. The molecule has 0 fully saturated rings. The summed E-state index contributed by atoms with van der Waals surface area (Å²) >= 11 is 1.75. The highest BCUT2D eigenvalue weighted by molar-refractivity contribution is 7.18. The van der Waals surface area contributed by atoms with E-state index < -0.39 is 0 Å². The molecular weight excluding hydrogens is 280 g/mol. The first kappa shape index (κ1) is 14.1. The van der Waals surface area contributed by atoms with Crippen LogP contribution in [-0.2, 0) is 12.8 Å². The van der Waals surface area contributed by atoms with Crippen LogP contribution in [0.25, 0.3) is 10.2 Å². The van der Waals surface area contributed by atoms with Gasteiger partial charge in [0.25, 0.3) is 0 Å². The predicted molar refractivity (Wildman–Crippen MR) is 87.0 cm³/mol. The maximum absolute atomic E-state index is 5.69. The lowest BCUT2D eigenvalue weighted by Gasteiger charge is -2.14. The number of pyridine rings is 1. The van der Waals surface area contributed by atoms with Crippen molar-refractivity contribution in [3.63, 3.8) is 0 Å². The molecule has 0 spiro atoms. The van der Waals surface area contributed by atoms with E-state index in [1.807, 2.05) is 36.7 Å². The summed E-state index contributed by atoms with van der Waals surface area (Å²) in [5, 5.41) is 1.13. The zero-order valence-electron chi connectivity index (χ0n) is 11.7. The molecule has 1 aromatic carbocycles. The first-order valence-corrected chi connectivity index (χ1v) is 7.86. The van der Waals surface area contributed by atoms with E-state index in [0.29, 0.717) is 0 Å². The van der Waals surface area contributed by atoms with E-state index >= 15 is 0 Å². The summed E-state index contributed by atoms with van der Waals surface area (Å²) in [4.78, 5) is 8.70. The third-order valence-electron chi connectivity index (χ3n) is 3.53. The maximum Gasteiger partial charge on any atom is 0.0954 e. The van der Waals surface area contributed by atoms with Gasteiger partial charge in [0.1, 0.15) is 0 Å². The van der Waals surface area contributed by atoms with Crippen LogP contribution in [-0.4, -0.2) is 16.0 Å². The van der Waals surface area contributed by atoms with Crippen molar-refractivity contribution in [2.45, 2.75) is 25.3 Å². The number of aromatic nitrogens is 2. The Hall–Kier alpha value is -1.82. The van der Waals surface area contributed by atoms with E-state index in [4.69, 9.17) is 5.84 Å². The Bertz CT molecular complexity index is 663. The van der Waals surface area contributed by atoms with Crippen molar-refractivity contribution in [3.8, 4) is 0 Å². The molecule has 0 aliphatic heterocycles. The number of nitrogens with zero attached hydrogens (tertiary/aromatic N) is 2. The zero-order chi connectivity index (χ0) is 14.5. The van der Waals surface area contributed by atoms with E-state index in [2.05, 4.69) is 27.5 Å². The lowest BCUT2D eigenvalue weighted by Crippen LogP contribution is -2.37. The topological polar surface area (TPSA) is 63.8 Å². The van der Waals surface area contributed by atoms with Gasteiger partial charge in [-0.05, 0) is 42.7 Å². The smallest absolute Gasteiger partial charge is 0.0954 e. The summed E-state index contributed by atoms with van der Waals surface area (Å²) in [6, 6.07) is 12.6. The molecule has 0 radical (unpaired) electrons. The van der Waals surface area contributed by atoms with Gasteiger partial charge in [-0.3, -0.25) is 16.3 Å². The second-order valence-corrected chi connectivity index (χ2v) is 6.15. The van der Waals surface area contributed by atoms with Crippen molar-refractivity contribution < 1.29 is 0 Å². The molecule has 2 aromatic heterocycles. The number of nitrogens with one attached hydrogen (secondary N) is 1. The third-order valence-corrected chi connectivity index (χ3v) is 4.58. The molecule has 0 aliphatic carbocycles. The van der Waals surface area contributed by atoms with Gasteiger partial charge in [-0.15, -0.1) is 11.3 Å². The molecule has 3 aromatic rings. The molecule has 3 N–H and O–H groups in total. The SMILES string of the molecule is NNC(CCc1ccncc1)Cc1nc2ccccc2s1. The molecule has 0 bridgehead atoms. The fraction of sp³-hybridized carbons (Fsp3) is 0.250. The van der Waals surface area contributed by atoms with Crippen molar-refractivity contribution in [3.05, 3.63) is 59.4 Å². The molecule has 0 saturated heterocycles. The van der Waals surface area contributed by atoms with E-state index in [-0.39, 0.29) is 6.04 Å². The molecule has 4 nitrogen and oxygen atoms in total. The monoisotopic (exact) mass is 298 g/mol. The second-order valence-electron chi connectivity index (χ2n) is 5.04.